The first kappa shape index (κ1) is 45.0. The van der Waals surface area contributed by atoms with Gasteiger partial charge in [-0.3, -0.25) is 4.99 Å². The molecule has 1 N–H and O–H groups in total. The van der Waals surface area contributed by atoms with E-state index in [0.717, 1.165) is 42.7 Å². The zero-order valence-corrected chi connectivity index (χ0v) is 33.9. The number of rotatable bonds is 15. The van der Waals surface area contributed by atoms with Crippen LogP contribution in [0, 0.1) is 24.2 Å². The zero-order chi connectivity index (χ0) is 34.8. The van der Waals surface area contributed by atoms with Crippen molar-refractivity contribution >= 4 is 17.3 Å². The Morgan fingerprint density at radius 3 is 2.00 bits per heavy atom. The van der Waals surface area contributed by atoms with Crippen molar-refractivity contribution in [1.82, 2.24) is 0 Å². The monoisotopic (exact) mass is 901 g/mol. The van der Waals surface area contributed by atoms with Gasteiger partial charge in [-0.1, -0.05) is 148 Å². The Morgan fingerprint density at radius 2 is 1.60 bits per heavy atom. The van der Waals surface area contributed by atoms with Gasteiger partial charge in [0, 0.05) is 24.1 Å². The maximum Gasteiger partial charge on any atom is 0.173 e. The van der Waals surface area contributed by atoms with Crippen molar-refractivity contribution < 1.29 is 9.47 Å². The van der Waals surface area contributed by atoms with Crippen LogP contribution in [0.5, 0.6) is 5.75 Å². The first-order valence-corrected chi connectivity index (χ1v) is 17.9. The SMILES string of the molecule is CCCC.CCCCC.CCc1ccccc1.[CH2-]/C(N=C(CCC)c1ccc(OCCC(C)CC)cc1Cl)=C(\[NH-])OC1(C#N)CC1.[Cf]. The molecule has 1 atom stereocenters. The van der Waals surface area contributed by atoms with E-state index < -0.39 is 5.60 Å². The molecule has 5 nitrogen and oxygen atoms in total. The molecule has 268 valence electrons. The maximum atomic E-state index is 9.13. The number of allylic oxidation sites excluding steroid dienone is 1. The number of benzene rings is 2. The summed E-state index contributed by atoms with van der Waals surface area (Å²) in [6.45, 7) is 21.9. The Bertz CT molecular complexity index is 1170. The summed E-state index contributed by atoms with van der Waals surface area (Å²) in [5, 5.41) is 9.68. The molecule has 1 aliphatic carbocycles. The van der Waals surface area contributed by atoms with Gasteiger partial charge in [-0.25, -0.2) is 6.92 Å². The summed E-state index contributed by atoms with van der Waals surface area (Å²) in [6.07, 6.45) is 12.8. The topological polar surface area (TPSA) is 78.4 Å². The molecule has 1 unspecified atom stereocenters. The van der Waals surface area contributed by atoms with Gasteiger partial charge < -0.3 is 15.2 Å². The second kappa shape index (κ2) is 27.1. The molecular weight excluding hydrogens is 841 g/mol. The molecule has 1 fully saturated rings. The quantitative estimate of drug-likeness (QED) is 0.101. The summed E-state index contributed by atoms with van der Waals surface area (Å²) < 4.78 is 11.3. The molecule has 0 amide bonds. The second-order valence-electron chi connectivity index (χ2n) is 11.8. The van der Waals surface area contributed by atoms with Crippen molar-refractivity contribution in [3.05, 3.63) is 88.9 Å². The molecule has 0 radical (unpaired) electrons. The average molecular weight is 903 g/mol. The van der Waals surface area contributed by atoms with E-state index in [1.165, 1.54) is 37.7 Å². The van der Waals surface area contributed by atoms with Crippen LogP contribution in [0.25, 0.3) is 5.73 Å². The molecule has 0 bridgehead atoms. The Morgan fingerprint density at radius 1 is 0.979 bits per heavy atom. The maximum absolute atomic E-state index is 9.13. The molecule has 0 saturated heterocycles. The van der Waals surface area contributed by atoms with Crippen LogP contribution in [0.3, 0.4) is 0 Å². The van der Waals surface area contributed by atoms with Crippen LogP contribution < -0.4 is 4.74 Å². The summed E-state index contributed by atoms with van der Waals surface area (Å²) in [6, 6.07) is 18.1. The van der Waals surface area contributed by atoms with E-state index in [1.54, 1.807) is 6.07 Å². The summed E-state index contributed by atoms with van der Waals surface area (Å²) in [5.41, 5.74) is 10.3. The molecule has 0 aromatic heterocycles. The fraction of sp³-hybridized carbons (Fsp3) is 0.575. The second-order valence-corrected chi connectivity index (χ2v) is 12.2. The van der Waals surface area contributed by atoms with E-state index in [1.807, 2.05) is 18.2 Å². The third-order valence-corrected chi connectivity index (χ3v) is 7.82. The summed E-state index contributed by atoms with van der Waals surface area (Å²) in [5.74, 6) is 1.20. The predicted octanol–water partition coefficient (Wildman–Crippen LogP) is 13.1. The first-order chi connectivity index (χ1) is 22.1. The third-order valence-electron chi connectivity index (χ3n) is 7.51. The van der Waals surface area contributed by atoms with Gasteiger partial charge in [0.25, 0.3) is 0 Å². The molecule has 2 aromatic rings. The summed E-state index contributed by atoms with van der Waals surface area (Å²) in [7, 11) is 0. The molecule has 1 saturated carbocycles. The number of aliphatic imine (C=N–C) groups is 1. The zero-order valence-electron chi connectivity index (χ0n) is 30.5. The number of hydrogen-bond acceptors (Lipinski definition) is 4. The van der Waals surface area contributed by atoms with Crippen LogP contribution in [0.1, 0.15) is 137 Å². The minimum absolute atomic E-state index is 0. The van der Waals surface area contributed by atoms with Crippen LogP contribution in [-0.4, -0.2) is 17.9 Å². The van der Waals surface area contributed by atoms with Crippen molar-refractivity contribution in [2.24, 2.45) is 10.9 Å². The average Bonchev–Trinajstić information content (AvgIpc) is 3.85. The van der Waals surface area contributed by atoms with Gasteiger partial charge in [-0.15, -0.1) is 5.88 Å². The molecule has 0 heterocycles. The van der Waals surface area contributed by atoms with E-state index in [4.69, 9.17) is 32.1 Å². The van der Waals surface area contributed by atoms with Crippen LogP contribution in [0.2, 0.25) is 5.02 Å². The molecule has 47 heavy (non-hydrogen) atoms. The Balaban J connectivity index is 0. The van der Waals surface area contributed by atoms with E-state index in [-0.39, 0.29) is 11.6 Å². The molecule has 1 aliphatic rings. The standard InChI is InChI=1S/C23H30ClN3O2.C8H10.C5H12.C4H10.Cf/c1-5-7-21(27-17(4)22(26)29-23(15-25)11-12-23)19-9-8-18(14-20(19)24)28-13-10-16(3)6-2;1-2-8-6-4-3-5-7-8;1-3-5-4-2;1-3-4-2;/h8-9,14,16,26H,4-7,10-13H2,1-3H3;3-7H,2H2,1H3;3-5H2,1-2H3;3-4H2,1-2H3;/q-2;;;;/b22-17-,27-21?;;;;. The van der Waals surface area contributed by atoms with E-state index >= 15 is 0 Å². The largest absolute Gasteiger partial charge is 0.754 e. The number of aryl methyl sites for hydroxylation is 1. The number of hydrogen-bond donors (Lipinski definition) is 0. The van der Waals surface area contributed by atoms with Gasteiger partial charge >= 0.3 is 0 Å². The molecule has 7 heteroatoms. The van der Waals surface area contributed by atoms with Gasteiger partial charge in [0.05, 0.1) is 11.6 Å². The number of unbranched alkanes of at least 4 members (excludes halogenated alkanes) is 3. The van der Waals surface area contributed by atoms with Gasteiger partial charge in [-0.05, 0) is 48.9 Å². The van der Waals surface area contributed by atoms with Gasteiger partial charge in [-0.2, -0.15) is 5.26 Å². The van der Waals surface area contributed by atoms with E-state index in [2.05, 4.69) is 97.6 Å². The predicted molar refractivity (Wildman–Crippen MR) is 199 cm³/mol. The number of halogens is 1. The van der Waals surface area contributed by atoms with E-state index in [0.29, 0.717) is 36.8 Å². The van der Waals surface area contributed by atoms with Crippen molar-refractivity contribution in [2.75, 3.05) is 6.61 Å². The van der Waals surface area contributed by atoms with Crippen molar-refractivity contribution in [3.63, 3.8) is 0 Å². The smallest absolute Gasteiger partial charge is 0.173 e. The number of nitrogens with one attached hydrogen (secondary N) is 1. The minimum Gasteiger partial charge on any atom is -0.754 e. The third kappa shape index (κ3) is 19.9. The molecule has 2 aromatic carbocycles. The van der Waals surface area contributed by atoms with Crippen LogP contribution in [-0.2, 0) is 11.2 Å². The molecular formula is C40H62CfClN3O2-2. The van der Waals surface area contributed by atoms with Crippen molar-refractivity contribution in [2.45, 2.75) is 138 Å². The normalized spacial score (nSPS) is 13.7. The van der Waals surface area contributed by atoms with Crippen LogP contribution >= 0.6 is 11.6 Å². The Labute approximate surface area is 287 Å². The first-order valence-electron chi connectivity index (χ1n) is 17.5. The Hall–Kier alpha value is -4.10. The van der Waals surface area contributed by atoms with Gasteiger partial charge in [0.1, 0.15) is 11.8 Å². The molecule has 0 aliphatic heterocycles. The van der Waals surface area contributed by atoms with Crippen molar-refractivity contribution in [1.29, 1.82) is 5.26 Å². The number of nitriles is 1. The summed E-state index contributed by atoms with van der Waals surface area (Å²) in [4.78, 5) is 4.51. The van der Waals surface area contributed by atoms with Gasteiger partial charge in [0.15, 0.2) is 5.60 Å². The summed E-state index contributed by atoms with van der Waals surface area (Å²) >= 11 is 6.51. The van der Waals surface area contributed by atoms with E-state index in [9.17, 15) is 0 Å². The van der Waals surface area contributed by atoms with Crippen LogP contribution in [0.15, 0.2) is 65.1 Å². The van der Waals surface area contributed by atoms with Crippen molar-refractivity contribution in [3.8, 4) is 11.8 Å². The molecule has 3 rings (SSSR count). The Kier molecular flexibility index (Phi) is 25.9. The van der Waals surface area contributed by atoms with Crippen LogP contribution in [0.4, 0.5) is 0 Å². The molecule has 0 spiro atoms. The fourth-order valence-electron chi connectivity index (χ4n) is 3.77. The minimum atomic E-state index is -0.869. The fourth-order valence-corrected chi connectivity index (χ4v) is 4.05. The van der Waals surface area contributed by atoms with Gasteiger partial charge in [0.2, 0.25) is 0 Å². The number of nitrogens with zero attached hydrogens (tertiary/aromatic N) is 2. The number of ether oxygens (including phenoxy) is 2.